The van der Waals surface area contributed by atoms with Gasteiger partial charge in [0.1, 0.15) is 0 Å². The average molecular weight is 298 g/mol. The van der Waals surface area contributed by atoms with E-state index in [0.717, 1.165) is 16.3 Å². The number of aromatic nitrogens is 1. The third-order valence-corrected chi connectivity index (χ3v) is 2.47. The van der Waals surface area contributed by atoms with Crippen molar-refractivity contribution in [2.45, 2.75) is 0 Å². The molecule has 3 heteroatoms. The first-order valence-corrected chi connectivity index (χ1v) is 5.74. The summed E-state index contributed by atoms with van der Waals surface area (Å²) in [7, 11) is 0. The Hall–Kier alpha value is -1.34. The van der Waals surface area contributed by atoms with Gasteiger partial charge in [-0.1, -0.05) is 12.1 Å². The molecule has 0 bridgehead atoms. The summed E-state index contributed by atoms with van der Waals surface area (Å²) in [5.41, 5.74) is 2.03. The number of hydrogen-bond donors (Lipinski definition) is 0. The third kappa shape index (κ3) is 4.50. The van der Waals surface area contributed by atoms with Gasteiger partial charge < -0.3 is 4.98 Å². The van der Waals surface area contributed by atoms with Gasteiger partial charge in [-0.3, -0.25) is 0 Å². The first-order valence-electron chi connectivity index (χ1n) is 5.36. The van der Waals surface area contributed by atoms with Gasteiger partial charge >= 0.3 is 17.1 Å². The van der Waals surface area contributed by atoms with E-state index in [1.807, 2.05) is 66.7 Å². The van der Waals surface area contributed by atoms with Crippen molar-refractivity contribution in [3.05, 3.63) is 77.9 Å². The largest absolute Gasteiger partial charge is 2.00 e. The fourth-order valence-corrected chi connectivity index (χ4v) is 1.61. The van der Waals surface area contributed by atoms with E-state index in [-0.39, 0.29) is 17.1 Å². The van der Waals surface area contributed by atoms with Crippen LogP contribution in [-0.4, -0.2) is 4.98 Å². The van der Waals surface area contributed by atoms with Crippen LogP contribution < -0.4 is 0 Å². The van der Waals surface area contributed by atoms with E-state index in [2.05, 4.69) is 4.98 Å². The van der Waals surface area contributed by atoms with E-state index >= 15 is 0 Å². The minimum absolute atomic E-state index is 0. The third-order valence-electron chi connectivity index (χ3n) is 2.23. The van der Waals surface area contributed by atoms with Gasteiger partial charge in [-0.05, 0) is 16.8 Å². The monoisotopic (exact) mass is 297 g/mol. The van der Waals surface area contributed by atoms with E-state index in [0.29, 0.717) is 0 Å². The maximum Gasteiger partial charge on any atom is 2.00 e. The molecule has 0 spiro atoms. The molecule has 0 saturated carbocycles. The summed E-state index contributed by atoms with van der Waals surface area (Å²) >= 11 is 5.78. The van der Waals surface area contributed by atoms with Crippen molar-refractivity contribution in [3.8, 4) is 11.3 Å². The SMILES string of the molecule is Clc1ccc(-c2ccccn2)[cH-]1.[Fe+2].c1cc[cH-]c1. The van der Waals surface area contributed by atoms with Crippen LogP contribution in [0.15, 0.2) is 72.9 Å². The van der Waals surface area contributed by atoms with Gasteiger partial charge in [0.2, 0.25) is 0 Å². The molecule has 92 valence electrons. The number of nitrogens with zero attached hydrogens (tertiary/aromatic N) is 1. The smallest absolute Gasteiger partial charge is 0.305 e. The zero-order chi connectivity index (χ0) is 11.9. The summed E-state index contributed by atoms with van der Waals surface area (Å²) in [4.78, 5) is 4.20. The molecule has 3 rings (SSSR count). The van der Waals surface area contributed by atoms with Crippen molar-refractivity contribution in [2.75, 3.05) is 0 Å². The Balaban J connectivity index is 0.000000230. The molecule has 0 radical (unpaired) electrons. The standard InChI is InChI=1S/C10H7ClN.C5H5.Fe/c11-9-5-4-8(7-9)10-3-1-2-6-12-10;1-2-4-5-3-1;/h1-7H;1-5H;/q2*-1;+2. The van der Waals surface area contributed by atoms with E-state index in [4.69, 9.17) is 11.6 Å². The molecule has 0 amide bonds. The van der Waals surface area contributed by atoms with Gasteiger partial charge in [0.05, 0.1) is 0 Å². The molecule has 0 aliphatic rings. The molecule has 3 aromatic rings. The molecular formula is C15H12ClFeN. The molecule has 0 aliphatic heterocycles. The normalized spacial score (nSPS) is 8.94. The summed E-state index contributed by atoms with van der Waals surface area (Å²) in [6, 6.07) is 21.6. The Labute approximate surface area is 123 Å². The van der Waals surface area contributed by atoms with Crippen molar-refractivity contribution in [1.82, 2.24) is 4.98 Å². The van der Waals surface area contributed by atoms with Gasteiger partial charge in [0.15, 0.2) is 0 Å². The molecule has 1 heterocycles. The fraction of sp³-hybridized carbons (Fsp3) is 0. The van der Waals surface area contributed by atoms with Crippen molar-refractivity contribution < 1.29 is 17.1 Å². The van der Waals surface area contributed by atoms with Crippen LogP contribution in [0.3, 0.4) is 0 Å². The topological polar surface area (TPSA) is 12.9 Å². The number of hydrogen-bond acceptors (Lipinski definition) is 1. The van der Waals surface area contributed by atoms with Gasteiger partial charge in [-0.15, -0.1) is 23.2 Å². The first kappa shape index (κ1) is 14.7. The zero-order valence-electron chi connectivity index (χ0n) is 9.61. The summed E-state index contributed by atoms with van der Waals surface area (Å²) < 4.78 is 0. The van der Waals surface area contributed by atoms with Crippen molar-refractivity contribution in [1.29, 1.82) is 0 Å². The maximum absolute atomic E-state index is 5.78. The number of rotatable bonds is 1. The molecule has 0 N–H and O–H groups in total. The molecule has 0 saturated heterocycles. The van der Waals surface area contributed by atoms with Gasteiger partial charge in [0, 0.05) is 6.20 Å². The predicted octanol–water partition coefficient (Wildman–Crippen LogP) is 4.52. The van der Waals surface area contributed by atoms with Crippen molar-refractivity contribution in [2.24, 2.45) is 0 Å². The van der Waals surface area contributed by atoms with Crippen molar-refractivity contribution >= 4 is 11.6 Å². The maximum atomic E-state index is 5.78. The summed E-state index contributed by atoms with van der Waals surface area (Å²) in [6.45, 7) is 0. The van der Waals surface area contributed by atoms with E-state index in [1.165, 1.54) is 0 Å². The van der Waals surface area contributed by atoms with Crippen LogP contribution >= 0.6 is 11.6 Å². The van der Waals surface area contributed by atoms with Gasteiger partial charge in [-0.2, -0.15) is 30.3 Å². The van der Waals surface area contributed by atoms with Crippen LogP contribution in [0.25, 0.3) is 11.3 Å². The molecular weight excluding hydrogens is 285 g/mol. The minimum Gasteiger partial charge on any atom is -0.305 e. The Kier molecular flexibility index (Phi) is 6.45. The second kappa shape index (κ2) is 7.88. The average Bonchev–Trinajstić information content (AvgIpc) is 3.04. The molecule has 18 heavy (non-hydrogen) atoms. The molecule has 0 aliphatic carbocycles. The summed E-state index contributed by atoms with van der Waals surface area (Å²) in [5.74, 6) is 0. The summed E-state index contributed by atoms with van der Waals surface area (Å²) in [5, 5.41) is 0.760. The Bertz CT molecular complexity index is 511. The van der Waals surface area contributed by atoms with Crippen LogP contribution in [0.4, 0.5) is 0 Å². The fourth-order valence-electron chi connectivity index (χ4n) is 1.43. The van der Waals surface area contributed by atoms with E-state index in [1.54, 1.807) is 6.20 Å². The molecule has 2 aromatic carbocycles. The predicted molar refractivity (Wildman–Crippen MR) is 72.3 cm³/mol. The number of halogens is 1. The van der Waals surface area contributed by atoms with Crippen LogP contribution in [0.1, 0.15) is 0 Å². The van der Waals surface area contributed by atoms with Gasteiger partial charge in [-0.25, -0.2) is 12.1 Å². The molecule has 0 fully saturated rings. The van der Waals surface area contributed by atoms with E-state index < -0.39 is 0 Å². The second-order valence-corrected chi connectivity index (χ2v) is 3.93. The second-order valence-electron chi connectivity index (χ2n) is 3.50. The zero-order valence-corrected chi connectivity index (χ0v) is 11.5. The van der Waals surface area contributed by atoms with Crippen LogP contribution in [-0.2, 0) is 17.1 Å². The van der Waals surface area contributed by atoms with Crippen molar-refractivity contribution in [3.63, 3.8) is 0 Å². The summed E-state index contributed by atoms with van der Waals surface area (Å²) in [6.07, 6.45) is 1.77. The van der Waals surface area contributed by atoms with Crippen LogP contribution in [0.5, 0.6) is 0 Å². The molecule has 0 atom stereocenters. The molecule has 1 nitrogen and oxygen atoms in total. The van der Waals surface area contributed by atoms with Crippen LogP contribution in [0, 0.1) is 0 Å². The van der Waals surface area contributed by atoms with Crippen LogP contribution in [0.2, 0.25) is 5.02 Å². The number of pyridine rings is 1. The van der Waals surface area contributed by atoms with E-state index in [9.17, 15) is 0 Å². The molecule has 1 aromatic heterocycles. The van der Waals surface area contributed by atoms with Gasteiger partial charge in [0.25, 0.3) is 0 Å². The minimum atomic E-state index is 0. The Morgan fingerprint density at radius 3 is 2.17 bits per heavy atom. The molecule has 0 unspecified atom stereocenters. The quantitative estimate of drug-likeness (QED) is 0.475. The Morgan fingerprint density at radius 1 is 0.944 bits per heavy atom. The Morgan fingerprint density at radius 2 is 1.72 bits per heavy atom. The first-order chi connectivity index (χ1) is 8.36.